The molecule has 1 aromatic rings. The van der Waals surface area contributed by atoms with Gasteiger partial charge >= 0.3 is 7.60 Å². The van der Waals surface area contributed by atoms with Gasteiger partial charge in [0.25, 0.3) is 0 Å². The average Bonchev–Trinajstić information content (AvgIpc) is 2.15. The van der Waals surface area contributed by atoms with Crippen LogP contribution in [0.5, 0.6) is 0 Å². The predicted molar refractivity (Wildman–Crippen MR) is 66.6 cm³/mol. The maximum absolute atomic E-state index is 11.9. The summed E-state index contributed by atoms with van der Waals surface area (Å²) < 4.78 is 16.2. The van der Waals surface area contributed by atoms with Gasteiger partial charge in [-0.25, -0.2) is 0 Å². The highest BCUT2D eigenvalue weighted by Gasteiger charge is 2.24. The number of carbonyl (C=O) groups is 1. The second kappa shape index (κ2) is 5.58. The summed E-state index contributed by atoms with van der Waals surface area (Å²) in [6.07, 6.45) is -0.468. The Hall–Kier alpha value is -0.960. The smallest absolute Gasteiger partial charge is 0.324 e. The molecule has 1 unspecified atom stereocenters. The molecule has 17 heavy (non-hydrogen) atoms. The van der Waals surface area contributed by atoms with Gasteiger partial charge in [0.1, 0.15) is 6.16 Å². The lowest BCUT2D eigenvalue weighted by Crippen LogP contribution is -2.09. The molecule has 0 aliphatic rings. The summed E-state index contributed by atoms with van der Waals surface area (Å²) in [5, 5.41) is 0. The molecule has 0 bridgehead atoms. The van der Waals surface area contributed by atoms with Crippen molar-refractivity contribution in [3.8, 4) is 0 Å². The quantitative estimate of drug-likeness (QED) is 0.649. The van der Waals surface area contributed by atoms with Crippen molar-refractivity contribution in [3.63, 3.8) is 0 Å². The molecule has 0 saturated carbocycles. The number of rotatable bonds is 5. The van der Waals surface area contributed by atoms with Crippen molar-refractivity contribution in [1.82, 2.24) is 0 Å². The van der Waals surface area contributed by atoms with Crippen molar-refractivity contribution in [1.29, 1.82) is 0 Å². The average molecular weight is 256 g/mol. The lowest BCUT2D eigenvalue weighted by Gasteiger charge is -2.11. The van der Waals surface area contributed by atoms with Gasteiger partial charge in [0.05, 0.1) is 6.61 Å². The molecule has 5 heteroatoms. The Morgan fingerprint density at radius 1 is 1.41 bits per heavy atom. The van der Waals surface area contributed by atoms with Crippen molar-refractivity contribution >= 4 is 13.4 Å². The van der Waals surface area contributed by atoms with Crippen LogP contribution >= 0.6 is 7.60 Å². The lowest BCUT2D eigenvalue weighted by molar-refractivity contribution is 0.101. The molecule has 0 fully saturated rings. The second-order valence-corrected chi connectivity index (χ2v) is 5.80. The molecule has 0 spiro atoms. The lowest BCUT2D eigenvalue weighted by atomic mass is 10.0. The standard InChI is InChI=1S/C12H17O4P/c1-4-16-17(14,15)8-12(13)11-6-5-9(2)7-10(11)3/h5-7H,4,8H2,1-3H3,(H,14,15). The number of hydrogen-bond donors (Lipinski definition) is 1. The number of carbonyl (C=O) groups excluding carboxylic acids is 1. The third kappa shape index (κ3) is 4.08. The van der Waals surface area contributed by atoms with E-state index < -0.39 is 13.8 Å². The molecule has 0 radical (unpaired) electrons. The van der Waals surface area contributed by atoms with E-state index in [4.69, 9.17) is 0 Å². The van der Waals surface area contributed by atoms with Gasteiger partial charge in [-0.2, -0.15) is 0 Å². The van der Waals surface area contributed by atoms with E-state index in [1.54, 1.807) is 13.0 Å². The third-order valence-corrected chi connectivity index (χ3v) is 3.71. The van der Waals surface area contributed by atoms with E-state index >= 15 is 0 Å². The maximum atomic E-state index is 11.9. The van der Waals surface area contributed by atoms with E-state index in [2.05, 4.69) is 4.52 Å². The van der Waals surface area contributed by atoms with Crippen molar-refractivity contribution in [2.75, 3.05) is 12.8 Å². The highest BCUT2D eigenvalue weighted by molar-refractivity contribution is 7.53. The minimum atomic E-state index is -3.80. The predicted octanol–water partition coefficient (Wildman–Crippen LogP) is 2.71. The fraction of sp³-hybridized carbons (Fsp3) is 0.417. The molecule has 0 aliphatic heterocycles. The first-order valence-corrected chi connectivity index (χ1v) is 7.19. The molecule has 1 aromatic carbocycles. The molecule has 1 N–H and O–H groups in total. The van der Waals surface area contributed by atoms with Gasteiger partial charge in [-0.3, -0.25) is 9.36 Å². The Morgan fingerprint density at radius 2 is 2.06 bits per heavy atom. The Labute approximate surface area is 101 Å². The zero-order chi connectivity index (χ0) is 13.1. The van der Waals surface area contributed by atoms with Gasteiger partial charge < -0.3 is 9.42 Å². The van der Waals surface area contributed by atoms with E-state index in [1.807, 2.05) is 26.0 Å². The zero-order valence-corrected chi connectivity index (χ0v) is 11.2. The van der Waals surface area contributed by atoms with Crippen molar-refractivity contribution in [2.24, 2.45) is 0 Å². The number of Topliss-reactive ketones (excluding diaryl/α,β-unsaturated/α-hetero) is 1. The summed E-state index contributed by atoms with van der Waals surface area (Å²) in [5.41, 5.74) is 2.34. The minimum Gasteiger partial charge on any atom is -0.324 e. The van der Waals surface area contributed by atoms with E-state index in [0.29, 0.717) is 5.56 Å². The molecule has 0 saturated heterocycles. The fourth-order valence-corrected chi connectivity index (χ4v) is 2.67. The Morgan fingerprint density at radius 3 is 2.59 bits per heavy atom. The molecule has 0 heterocycles. The summed E-state index contributed by atoms with van der Waals surface area (Å²) in [5.74, 6) is -0.359. The molecule has 0 amide bonds. The normalized spacial score (nSPS) is 14.4. The summed E-state index contributed by atoms with van der Waals surface area (Å²) in [6, 6.07) is 5.36. The number of benzene rings is 1. The first-order chi connectivity index (χ1) is 7.85. The van der Waals surface area contributed by atoms with Crippen LogP contribution in [0.3, 0.4) is 0 Å². The van der Waals surface area contributed by atoms with Crippen LogP contribution in [0.2, 0.25) is 0 Å². The van der Waals surface area contributed by atoms with Gasteiger partial charge in [0.2, 0.25) is 0 Å². The van der Waals surface area contributed by atoms with E-state index in [0.717, 1.165) is 11.1 Å². The molecule has 1 atom stereocenters. The van der Waals surface area contributed by atoms with Gasteiger partial charge in [-0.15, -0.1) is 0 Å². The topological polar surface area (TPSA) is 63.6 Å². The van der Waals surface area contributed by atoms with Crippen LogP contribution in [0.4, 0.5) is 0 Å². The second-order valence-electron chi connectivity index (χ2n) is 3.95. The SMILES string of the molecule is CCOP(=O)(O)CC(=O)c1ccc(C)cc1C. The van der Waals surface area contributed by atoms with Crippen LogP contribution in [-0.4, -0.2) is 23.4 Å². The van der Waals surface area contributed by atoms with Crippen LogP contribution in [0.15, 0.2) is 18.2 Å². The third-order valence-electron chi connectivity index (χ3n) is 2.36. The van der Waals surface area contributed by atoms with Crippen LogP contribution in [0.1, 0.15) is 28.4 Å². The van der Waals surface area contributed by atoms with Crippen LogP contribution in [0.25, 0.3) is 0 Å². The molecular weight excluding hydrogens is 239 g/mol. The van der Waals surface area contributed by atoms with Gasteiger partial charge in [-0.1, -0.05) is 23.8 Å². The highest BCUT2D eigenvalue weighted by atomic mass is 31.2. The number of aryl methyl sites for hydroxylation is 2. The highest BCUT2D eigenvalue weighted by Crippen LogP contribution is 2.42. The van der Waals surface area contributed by atoms with E-state index in [-0.39, 0.29) is 12.4 Å². The zero-order valence-electron chi connectivity index (χ0n) is 10.3. The van der Waals surface area contributed by atoms with Crippen LogP contribution in [-0.2, 0) is 9.09 Å². The fourth-order valence-electron chi connectivity index (χ4n) is 1.64. The number of hydrogen-bond acceptors (Lipinski definition) is 3. The van der Waals surface area contributed by atoms with Gasteiger partial charge in [0, 0.05) is 5.56 Å². The summed E-state index contributed by atoms with van der Waals surface area (Å²) in [7, 11) is -3.80. The van der Waals surface area contributed by atoms with Gasteiger partial charge in [0.15, 0.2) is 5.78 Å². The van der Waals surface area contributed by atoms with Crippen LogP contribution < -0.4 is 0 Å². The van der Waals surface area contributed by atoms with Gasteiger partial charge in [-0.05, 0) is 26.3 Å². The van der Waals surface area contributed by atoms with E-state index in [9.17, 15) is 14.3 Å². The first kappa shape index (κ1) is 14.1. The molecule has 0 aromatic heterocycles. The van der Waals surface area contributed by atoms with E-state index in [1.165, 1.54) is 0 Å². The molecule has 1 rings (SSSR count). The Kier molecular flexibility index (Phi) is 4.63. The van der Waals surface area contributed by atoms with Crippen molar-refractivity contribution in [2.45, 2.75) is 20.8 Å². The number of ketones is 1. The first-order valence-electron chi connectivity index (χ1n) is 5.42. The summed E-state index contributed by atoms with van der Waals surface area (Å²) >= 11 is 0. The van der Waals surface area contributed by atoms with Crippen molar-refractivity contribution in [3.05, 3.63) is 34.9 Å². The van der Waals surface area contributed by atoms with Crippen molar-refractivity contribution < 1.29 is 18.8 Å². The molecule has 94 valence electrons. The Balaban J connectivity index is 2.87. The molecule has 0 aliphatic carbocycles. The van der Waals surface area contributed by atoms with Crippen LogP contribution in [0, 0.1) is 13.8 Å². The summed E-state index contributed by atoms with van der Waals surface area (Å²) in [4.78, 5) is 21.3. The largest absolute Gasteiger partial charge is 0.335 e. The molecular formula is C12H17O4P. The Bertz CT molecular complexity index is 468. The molecule has 4 nitrogen and oxygen atoms in total. The minimum absolute atomic E-state index is 0.119. The monoisotopic (exact) mass is 256 g/mol. The summed E-state index contributed by atoms with van der Waals surface area (Å²) in [6.45, 7) is 5.47. The maximum Gasteiger partial charge on any atom is 0.335 e.